The topological polar surface area (TPSA) is 56.3 Å². The Morgan fingerprint density at radius 3 is 2.56 bits per heavy atom. The van der Waals surface area contributed by atoms with Crippen molar-refractivity contribution in [2.24, 2.45) is 0 Å². The van der Waals surface area contributed by atoms with Crippen LogP contribution < -0.4 is 14.8 Å². The van der Waals surface area contributed by atoms with Crippen LogP contribution in [0.3, 0.4) is 0 Å². The summed E-state index contributed by atoms with van der Waals surface area (Å²) in [5, 5.41) is 3.22. The molecule has 18 heavy (non-hydrogen) atoms. The number of rotatable bonds is 5. The number of aromatic nitrogens is 2. The minimum Gasteiger partial charge on any atom is -0.493 e. The predicted octanol–water partition coefficient (Wildman–Crippen LogP) is 1.86. The van der Waals surface area contributed by atoms with Gasteiger partial charge < -0.3 is 14.8 Å². The predicted molar refractivity (Wildman–Crippen MR) is 70.4 cm³/mol. The van der Waals surface area contributed by atoms with Crippen LogP contribution in [-0.4, -0.2) is 30.0 Å². The second-order valence-corrected chi connectivity index (χ2v) is 4.23. The molecule has 0 aliphatic rings. The van der Waals surface area contributed by atoms with E-state index in [2.05, 4.69) is 14.1 Å². The lowest BCUT2D eigenvalue weighted by Crippen LogP contribution is -2.18. The van der Waals surface area contributed by atoms with Gasteiger partial charge in [0.1, 0.15) is 0 Å². The van der Waals surface area contributed by atoms with Gasteiger partial charge in [0.25, 0.3) is 0 Å². The standard InChI is InChI=1S/C12H15N3O2S/c1-13-12(9-7-14-18-15-9)8-4-5-10(16-2)11(6-8)17-3/h4-7,12-13H,1-3H3. The molecule has 0 spiro atoms. The fraction of sp³-hybridized carbons (Fsp3) is 0.333. The van der Waals surface area contributed by atoms with Crippen molar-refractivity contribution in [2.75, 3.05) is 21.3 Å². The molecule has 0 aliphatic carbocycles. The van der Waals surface area contributed by atoms with Crippen LogP contribution in [-0.2, 0) is 0 Å². The average molecular weight is 265 g/mol. The van der Waals surface area contributed by atoms with Crippen LogP contribution in [0.4, 0.5) is 0 Å². The summed E-state index contributed by atoms with van der Waals surface area (Å²) in [6.07, 6.45) is 1.77. The van der Waals surface area contributed by atoms with Gasteiger partial charge in [0, 0.05) is 0 Å². The van der Waals surface area contributed by atoms with Gasteiger partial charge in [-0.05, 0) is 24.7 Å². The van der Waals surface area contributed by atoms with Crippen LogP contribution in [0.2, 0.25) is 0 Å². The van der Waals surface area contributed by atoms with Gasteiger partial charge in [-0.25, -0.2) is 0 Å². The van der Waals surface area contributed by atoms with Crippen LogP contribution >= 0.6 is 11.7 Å². The molecule has 0 saturated heterocycles. The molecule has 1 unspecified atom stereocenters. The lowest BCUT2D eigenvalue weighted by atomic mass is 10.0. The first-order valence-electron chi connectivity index (χ1n) is 5.46. The Hall–Kier alpha value is -1.66. The van der Waals surface area contributed by atoms with Crippen molar-refractivity contribution >= 4 is 11.7 Å². The Morgan fingerprint density at radius 1 is 1.22 bits per heavy atom. The Balaban J connectivity index is 2.37. The first-order valence-corrected chi connectivity index (χ1v) is 6.19. The van der Waals surface area contributed by atoms with Crippen LogP contribution in [0.5, 0.6) is 11.5 Å². The zero-order valence-electron chi connectivity index (χ0n) is 10.5. The smallest absolute Gasteiger partial charge is 0.161 e. The van der Waals surface area contributed by atoms with Crippen molar-refractivity contribution in [1.29, 1.82) is 0 Å². The highest BCUT2D eigenvalue weighted by atomic mass is 32.1. The molecular formula is C12H15N3O2S. The van der Waals surface area contributed by atoms with E-state index in [9.17, 15) is 0 Å². The molecule has 2 aromatic rings. The molecule has 0 radical (unpaired) electrons. The summed E-state index contributed by atoms with van der Waals surface area (Å²) in [7, 11) is 5.14. The molecule has 1 aromatic heterocycles. The summed E-state index contributed by atoms with van der Waals surface area (Å²) in [5.41, 5.74) is 1.96. The third-order valence-corrected chi connectivity index (χ3v) is 3.20. The first kappa shape index (κ1) is 12.8. The van der Waals surface area contributed by atoms with Crippen molar-refractivity contribution in [3.05, 3.63) is 35.7 Å². The van der Waals surface area contributed by atoms with Gasteiger partial charge in [0.2, 0.25) is 0 Å². The second-order valence-electron chi connectivity index (χ2n) is 3.67. The van der Waals surface area contributed by atoms with E-state index in [-0.39, 0.29) is 6.04 Å². The number of nitrogens with zero attached hydrogens (tertiary/aromatic N) is 2. The van der Waals surface area contributed by atoms with Crippen molar-refractivity contribution in [1.82, 2.24) is 14.1 Å². The SMILES string of the molecule is CNC(c1ccc(OC)c(OC)c1)c1cnsn1. The molecule has 6 heteroatoms. The monoisotopic (exact) mass is 265 g/mol. The molecule has 1 heterocycles. The number of methoxy groups -OCH3 is 2. The first-order chi connectivity index (χ1) is 8.80. The number of hydrogen-bond acceptors (Lipinski definition) is 6. The van der Waals surface area contributed by atoms with Gasteiger partial charge >= 0.3 is 0 Å². The molecule has 1 aromatic carbocycles. The summed E-state index contributed by atoms with van der Waals surface area (Å²) in [6, 6.07) is 5.82. The maximum Gasteiger partial charge on any atom is 0.161 e. The Kier molecular flexibility index (Phi) is 4.11. The van der Waals surface area contributed by atoms with Crippen LogP contribution in [0.25, 0.3) is 0 Å². The molecule has 96 valence electrons. The number of ether oxygens (including phenoxy) is 2. The fourth-order valence-corrected chi connectivity index (χ4v) is 2.27. The average Bonchev–Trinajstić information content (AvgIpc) is 2.93. The number of nitrogens with one attached hydrogen (secondary N) is 1. The highest BCUT2D eigenvalue weighted by molar-refractivity contribution is 6.99. The van der Waals surface area contributed by atoms with E-state index in [4.69, 9.17) is 9.47 Å². The van der Waals surface area contributed by atoms with Gasteiger partial charge in [-0.3, -0.25) is 0 Å². The molecule has 0 aliphatic heterocycles. The summed E-state index contributed by atoms with van der Waals surface area (Å²) in [4.78, 5) is 0. The molecule has 0 bridgehead atoms. The largest absolute Gasteiger partial charge is 0.493 e. The Labute approximate surface area is 110 Å². The van der Waals surface area contributed by atoms with E-state index in [1.807, 2.05) is 25.2 Å². The fourth-order valence-electron chi connectivity index (χ4n) is 1.82. The van der Waals surface area contributed by atoms with Crippen LogP contribution in [0, 0.1) is 0 Å². The molecular weight excluding hydrogens is 250 g/mol. The second kappa shape index (κ2) is 5.79. The quantitative estimate of drug-likeness (QED) is 0.894. The normalized spacial score (nSPS) is 12.2. The molecule has 0 saturated carbocycles. The minimum atomic E-state index is 0.00329. The summed E-state index contributed by atoms with van der Waals surface area (Å²) < 4.78 is 18.8. The molecule has 1 atom stereocenters. The van der Waals surface area contributed by atoms with Crippen molar-refractivity contribution in [3.8, 4) is 11.5 Å². The molecule has 0 amide bonds. The van der Waals surface area contributed by atoms with Gasteiger partial charge in [-0.2, -0.15) is 8.75 Å². The Bertz CT molecular complexity index is 502. The van der Waals surface area contributed by atoms with Gasteiger partial charge in [0.15, 0.2) is 11.5 Å². The Morgan fingerprint density at radius 2 is 2.00 bits per heavy atom. The summed E-state index contributed by atoms with van der Waals surface area (Å²) in [6.45, 7) is 0. The van der Waals surface area contributed by atoms with Crippen LogP contribution in [0.15, 0.2) is 24.4 Å². The molecule has 2 rings (SSSR count). The third kappa shape index (κ3) is 2.44. The number of hydrogen-bond donors (Lipinski definition) is 1. The third-order valence-electron chi connectivity index (χ3n) is 2.70. The minimum absolute atomic E-state index is 0.00329. The van der Waals surface area contributed by atoms with E-state index in [1.54, 1.807) is 20.4 Å². The van der Waals surface area contributed by atoms with E-state index >= 15 is 0 Å². The van der Waals surface area contributed by atoms with Gasteiger partial charge in [0.05, 0.1) is 43.9 Å². The number of benzene rings is 1. The van der Waals surface area contributed by atoms with E-state index in [0.29, 0.717) is 11.5 Å². The van der Waals surface area contributed by atoms with Crippen molar-refractivity contribution < 1.29 is 9.47 Å². The molecule has 1 N–H and O–H groups in total. The zero-order chi connectivity index (χ0) is 13.0. The van der Waals surface area contributed by atoms with E-state index in [0.717, 1.165) is 11.3 Å². The lowest BCUT2D eigenvalue weighted by molar-refractivity contribution is 0.354. The molecule has 0 fully saturated rings. The highest BCUT2D eigenvalue weighted by Gasteiger charge is 2.16. The molecule has 5 nitrogen and oxygen atoms in total. The maximum atomic E-state index is 5.30. The van der Waals surface area contributed by atoms with Crippen molar-refractivity contribution in [2.45, 2.75) is 6.04 Å². The van der Waals surface area contributed by atoms with Crippen molar-refractivity contribution in [3.63, 3.8) is 0 Å². The summed E-state index contributed by atoms with van der Waals surface area (Å²) in [5.74, 6) is 1.42. The van der Waals surface area contributed by atoms with Gasteiger partial charge in [-0.1, -0.05) is 6.07 Å². The van der Waals surface area contributed by atoms with Gasteiger partial charge in [-0.15, -0.1) is 0 Å². The summed E-state index contributed by atoms with van der Waals surface area (Å²) >= 11 is 1.20. The zero-order valence-corrected chi connectivity index (χ0v) is 11.3. The van der Waals surface area contributed by atoms with Crippen LogP contribution in [0.1, 0.15) is 17.3 Å². The van der Waals surface area contributed by atoms with E-state index < -0.39 is 0 Å². The lowest BCUT2D eigenvalue weighted by Gasteiger charge is -2.16. The van der Waals surface area contributed by atoms with E-state index in [1.165, 1.54) is 11.7 Å². The maximum absolute atomic E-state index is 5.30. The highest BCUT2D eigenvalue weighted by Crippen LogP contribution is 2.31.